The Bertz CT molecular complexity index is 298. The van der Waals surface area contributed by atoms with Crippen LogP contribution in [0, 0.1) is 5.92 Å². The molecule has 0 aromatic heterocycles. The lowest BCUT2D eigenvalue weighted by molar-refractivity contribution is -0.129. The summed E-state index contributed by atoms with van der Waals surface area (Å²) < 4.78 is 23.9. The fourth-order valence-electron chi connectivity index (χ4n) is 1.18. The van der Waals surface area contributed by atoms with Crippen molar-refractivity contribution in [3.63, 3.8) is 0 Å². The topological polar surface area (TPSA) is 66.5 Å². The van der Waals surface area contributed by atoms with Crippen LogP contribution in [-0.2, 0) is 14.8 Å². The summed E-state index contributed by atoms with van der Waals surface area (Å²) in [7, 11) is -3.16. The number of hydrogen-bond donors (Lipinski definition) is 1. The van der Waals surface area contributed by atoms with Crippen LogP contribution in [0.5, 0.6) is 0 Å². The van der Waals surface area contributed by atoms with Crippen LogP contribution in [-0.4, -0.2) is 45.1 Å². The Morgan fingerprint density at radius 2 is 1.93 bits per heavy atom. The average molecular weight is 236 g/mol. The van der Waals surface area contributed by atoms with Crippen LogP contribution in [0.4, 0.5) is 0 Å². The number of hydrogen-bond acceptors (Lipinski definition) is 3. The summed E-state index contributed by atoms with van der Waals surface area (Å²) >= 11 is 0. The third-order valence-electron chi connectivity index (χ3n) is 1.78. The molecule has 0 fully saturated rings. The van der Waals surface area contributed by atoms with E-state index in [-0.39, 0.29) is 12.5 Å². The van der Waals surface area contributed by atoms with Crippen LogP contribution in [0.3, 0.4) is 0 Å². The molecule has 0 aliphatic heterocycles. The molecule has 0 unspecified atom stereocenters. The molecule has 0 radical (unpaired) electrons. The number of nitrogens with one attached hydrogen (secondary N) is 1. The second-order valence-electron chi connectivity index (χ2n) is 4.03. The maximum atomic E-state index is 11.2. The molecule has 0 heterocycles. The first-order chi connectivity index (χ1) is 6.72. The quantitative estimate of drug-likeness (QED) is 0.708. The molecule has 0 atom stereocenters. The molecule has 0 aliphatic rings. The lowest BCUT2D eigenvalue weighted by atomic mass is 10.2. The summed E-state index contributed by atoms with van der Waals surface area (Å²) in [6.07, 6.45) is 1.10. The van der Waals surface area contributed by atoms with E-state index in [1.807, 2.05) is 13.8 Å². The second kappa shape index (κ2) is 6.07. The Hall–Kier alpha value is -0.620. The molecule has 1 N–H and O–H groups in total. The number of sulfonamides is 1. The minimum absolute atomic E-state index is 0.0287. The van der Waals surface area contributed by atoms with E-state index >= 15 is 0 Å². The fourth-order valence-corrected chi connectivity index (χ4v) is 1.65. The van der Waals surface area contributed by atoms with Crippen molar-refractivity contribution < 1.29 is 13.2 Å². The van der Waals surface area contributed by atoms with E-state index in [9.17, 15) is 13.2 Å². The lowest BCUT2D eigenvalue weighted by Gasteiger charge is -2.22. The number of carbonyl (C=O) groups excluding carboxylic acids is 1. The molecule has 5 nitrogen and oxygen atoms in total. The van der Waals surface area contributed by atoms with Gasteiger partial charge in [0.25, 0.3) is 0 Å². The van der Waals surface area contributed by atoms with Gasteiger partial charge in [-0.2, -0.15) is 0 Å². The highest BCUT2D eigenvalue weighted by atomic mass is 32.2. The number of nitrogens with zero attached hydrogens (tertiary/aromatic N) is 1. The van der Waals surface area contributed by atoms with Crippen LogP contribution in [0.25, 0.3) is 0 Å². The Labute approximate surface area is 91.9 Å². The summed E-state index contributed by atoms with van der Waals surface area (Å²) in [5, 5.41) is 0. The molecule has 0 spiro atoms. The Balaban J connectivity index is 4.03. The maximum Gasteiger partial charge on any atom is 0.219 e. The van der Waals surface area contributed by atoms with Crippen LogP contribution in [0.15, 0.2) is 0 Å². The number of amides is 1. The molecule has 6 heteroatoms. The average Bonchev–Trinajstić information content (AvgIpc) is 1.99. The molecule has 1 amide bonds. The molecule has 15 heavy (non-hydrogen) atoms. The fraction of sp³-hybridized carbons (Fsp3) is 0.889. The summed E-state index contributed by atoms with van der Waals surface area (Å²) in [5.41, 5.74) is 0. The molecule has 0 aliphatic carbocycles. The normalized spacial score (nSPS) is 11.8. The molecular formula is C9H20N2O3S. The molecule has 0 bridgehead atoms. The van der Waals surface area contributed by atoms with Gasteiger partial charge in [0.1, 0.15) is 0 Å². The molecule has 0 saturated carbocycles. The second-order valence-corrected chi connectivity index (χ2v) is 5.86. The van der Waals surface area contributed by atoms with Crippen LogP contribution in [0.2, 0.25) is 0 Å². The van der Waals surface area contributed by atoms with E-state index in [2.05, 4.69) is 4.72 Å². The van der Waals surface area contributed by atoms with E-state index in [4.69, 9.17) is 0 Å². The van der Waals surface area contributed by atoms with Gasteiger partial charge in [0.05, 0.1) is 6.26 Å². The predicted molar refractivity (Wildman–Crippen MR) is 59.9 cm³/mol. The highest BCUT2D eigenvalue weighted by molar-refractivity contribution is 7.88. The van der Waals surface area contributed by atoms with Gasteiger partial charge >= 0.3 is 0 Å². The van der Waals surface area contributed by atoms with Gasteiger partial charge in [-0.15, -0.1) is 0 Å². The van der Waals surface area contributed by atoms with Crippen molar-refractivity contribution >= 4 is 15.9 Å². The first-order valence-corrected chi connectivity index (χ1v) is 6.81. The van der Waals surface area contributed by atoms with E-state index in [1.165, 1.54) is 6.92 Å². The zero-order valence-corrected chi connectivity index (χ0v) is 10.6. The molecule has 90 valence electrons. The zero-order valence-electron chi connectivity index (χ0n) is 9.78. The highest BCUT2D eigenvalue weighted by Gasteiger charge is 2.10. The van der Waals surface area contributed by atoms with Crippen molar-refractivity contribution in [2.24, 2.45) is 5.92 Å². The van der Waals surface area contributed by atoms with Crippen molar-refractivity contribution in [1.29, 1.82) is 0 Å². The minimum Gasteiger partial charge on any atom is -0.341 e. The lowest BCUT2D eigenvalue weighted by Crippen LogP contribution is -2.39. The largest absolute Gasteiger partial charge is 0.341 e. The van der Waals surface area contributed by atoms with Gasteiger partial charge in [-0.25, -0.2) is 13.1 Å². The van der Waals surface area contributed by atoms with Crippen molar-refractivity contribution in [3.8, 4) is 0 Å². The summed E-state index contributed by atoms with van der Waals surface area (Å²) in [6, 6.07) is 0. The van der Waals surface area contributed by atoms with Gasteiger partial charge in [-0.05, 0) is 5.92 Å². The summed E-state index contributed by atoms with van der Waals surface area (Å²) in [6.45, 7) is 6.86. The minimum atomic E-state index is -3.16. The van der Waals surface area contributed by atoms with Crippen molar-refractivity contribution in [3.05, 3.63) is 0 Å². The standard InChI is InChI=1S/C9H20N2O3S/c1-8(2)7-11(9(3)12)6-5-10-15(4,13)14/h8,10H,5-7H2,1-4H3. The Morgan fingerprint density at radius 1 is 1.40 bits per heavy atom. The SMILES string of the molecule is CC(=O)N(CCNS(C)(=O)=O)CC(C)C. The zero-order chi connectivity index (χ0) is 12.1. The summed E-state index contributed by atoms with van der Waals surface area (Å²) in [4.78, 5) is 12.8. The molecule has 0 aromatic carbocycles. The van der Waals surface area contributed by atoms with E-state index in [1.54, 1.807) is 4.90 Å². The predicted octanol–water partition coefficient (Wildman–Crippen LogP) is 0.0401. The maximum absolute atomic E-state index is 11.2. The van der Waals surface area contributed by atoms with Gasteiger partial charge in [-0.3, -0.25) is 4.79 Å². The highest BCUT2D eigenvalue weighted by Crippen LogP contribution is 1.98. The molecular weight excluding hydrogens is 216 g/mol. The Kier molecular flexibility index (Phi) is 5.82. The number of carbonyl (C=O) groups is 1. The van der Waals surface area contributed by atoms with E-state index < -0.39 is 10.0 Å². The van der Waals surface area contributed by atoms with Crippen LogP contribution in [0.1, 0.15) is 20.8 Å². The summed E-state index contributed by atoms with van der Waals surface area (Å²) in [5.74, 6) is 0.353. The van der Waals surface area contributed by atoms with E-state index in [0.717, 1.165) is 6.26 Å². The van der Waals surface area contributed by atoms with Gasteiger partial charge in [0, 0.05) is 26.6 Å². The Morgan fingerprint density at radius 3 is 2.27 bits per heavy atom. The third kappa shape index (κ3) is 8.38. The molecule has 0 rings (SSSR count). The van der Waals surface area contributed by atoms with Gasteiger partial charge in [-0.1, -0.05) is 13.8 Å². The number of rotatable bonds is 6. The van der Waals surface area contributed by atoms with Gasteiger partial charge in [0.2, 0.25) is 15.9 Å². The van der Waals surface area contributed by atoms with Crippen LogP contribution >= 0.6 is 0 Å². The van der Waals surface area contributed by atoms with Crippen LogP contribution < -0.4 is 4.72 Å². The van der Waals surface area contributed by atoms with E-state index in [0.29, 0.717) is 19.0 Å². The monoisotopic (exact) mass is 236 g/mol. The molecule has 0 saturated heterocycles. The third-order valence-corrected chi connectivity index (χ3v) is 2.51. The first kappa shape index (κ1) is 14.4. The van der Waals surface area contributed by atoms with Crippen molar-refractivity contribution in [2.45, 2.75) is 20.8 Å². The first-order valence-electron chi connectivity index (χ1n) is 4.92. The van der Waals surface area contributed by atoms with Crippen molar-refractivity contribution in [1.82, 2.24) is 9.62 Å². The molecule has 0 aromatic rings. The van der Waals surface area contributed by atoms with Crippen molar-refractivity contribution in [2.75, 3.05) is 25.9 Å². The smallest absolute Gasteiger partial charge is 0.219 e. The van der Waals surface area contributed by atoms with Gasteiger partial charge < -0.3 is 4.90 Å². The van der Waals surface area contributed by atoms with Gasteiger partial charge in [0.15, 0.2) is 0 Å².